The van der Waals surface area contributed by atoms with E-state index >= 15 is 0 Å². The van der Waals surface area contributed by atoms with Crippen LogP contribution in [0.3, 0.4) is 0 Å². The van der Waals surface area contributed by atoms with E-state index in [4.69, 9.17) is 18.9 Å². The molecule has 12 heavy (non-hydrogen) atoms. The lowest BCUT2D eigenvalue weighted by atomic mass is 10.2. The van der Waals surface area contributed by atoms with Gasteiger partial charge in [-0.05, 0) is 0 Å². The SMILES string of the molecule is COCOC[C@H]1O[C@H]1C[C@@H]1CO1. The summed E-state index contributed by atoms with van der Waals surface area (Å²) in [7, 11) is 1.61. The summed E-state index contributed by atoms with van der Waals surface area (Å²) in [5.74, 6) is 0. The molecule has 2 rings (SSSR count). The van der Waals surface area contributed by atoms with Crippen LogP contribution in [0.4, 0.5) is 0 Å². The standard InChI is InChI=1S/C8H14O4/c1-9-5-10-4-8-7(12-8)2-6-3-11-6/h6-8H,2-5H2,1H3/t6-,7+,8-/m1/s1. The third-order valence-corrected chi connectivity index (χ3v) is 2.07. The van der Waals surface area contributed by atoms with Crippen molar-refractivity contribution in [3.8, 4) is 0 Å². The topological polar surface area (TPSA) is 43.5 Å². The van der Waals surface area contributed by atoms with Crippen LogP contribution in [0.1, 0.15) is 6.42 Å². The lowest BCUT2D eigenvalue weighted by Crippen LogP contribution is -2.07. The molecule has 2 saturated heterocycles. The van der Waals surface area contributed by atoms with E-state index in [-0.39, 0.29) is 6.10 Å². The van der Waals surface area contributed by atoms with Gasteiger partial charge in [0.05, 0.1) is 25.4 Å². The molecule has 3 atom stereocenters. The second-order valence-electron chi connectivity index (χ2n) is 3.18. The van der Waals surface area contributed by atoms with E-state index in [1.54, 1.807) is 7.11 Å². The van der Waals surface area contributed by atoms with Gasteiger partial charge in [0.2, 0.25) is 0 Å². The van der Waals surface area contributed by atoms with Crippen molar-refractivity contribution in [3.05, 3.63) is 0 Å². The summed E-state index contributed by atoms with van der Waals surface area (Å²) in [5.41, 5.74) is 0. The van der Waals surface area contributed by atoms with E-state index in [1.165, 1.54) is 0 Å². The number of hydrogen-bond acceptors (Lipinski definition) is 4. The molecule has 0 spiro atoms. The molecule has 0 aromatic heterocycles. The first kappa shape index (κ1) is 8.44. The summed E-state index contributed by atoms with van der Waals surface area (Å²) in [6, 6.07) is 0. The first-order valence-corrected chi connectivity index (χ1v) is 4.24. The highest BCUT2D eigenvalue weighted by molar-refractivity contribution is 4.89. The predicted octanol–water partition coefficient (Wildman–Crippen LogP) is 0.163. The molecule has 0 aromatic carbocycles. The van der Waals surface area contributed by atoms with Crippen LogP contribution in [0.2, 0.25) is 0 Å². The van der Waals surface area contributed by atoms with Gasteiger partial charge in [-0.2, -0.15) is 0 Å². The second kappa shape index (κ2) is 3.70. The Bertz CT molecular complexity index is 146. The molecule has 0 aromatic rings. The Balaban J connectivity index is 1.48. The Labute approximate surface area is 71.7 Å². The maximum Gasteiger partial charge on any atom is 0.146 e. The monoisotopic (exact) mass is 174 g/mol. The van der Waals surface area contributed by atoms with E-state index in [0.717, 1.165) is 13.0 Å². The molecule has 0 unspecified atom stereocenters. The molecule has 4 nitrogen and oxygen atoms in total. The van der Waals surface area contributed by atoms with Crippen molar-refractivity contribution in [3.63, 3.8) is 0 Å². The summed E-state index contributed by atoms with van der Waals surface area (Å²) in [4.78, 5) is 0. The van der Waals surface area contributed by atoms with Crippen molar-refractivity contribution in [1.82, 2.24) is 0 Å². The molecule has 2 aliphatic heterocycles. The van der Waals surface area contributed by atoms with E-state index < -0.39 is 0 Å². The van der Waals surface area contributed by atoms with E-state index in [2.05, 4.69) is 0 Å². The highest BCUT2D eigenvalue weighted by Gasteiger charge is 2.43. The number of ether oxygens (including phenoxy) is 4. The van der Waals surface area contributed by atoms with Gasteiger partial charge < -0.3 is 18.9 Å². The molecule has 0 saturated carbocycles. The molecule has 2 aliphatic rings. The van der Waals surface area contributed by atoms with E-state index in [1.807, 2.05) is 0 Å². The van der Waals surface area contributed by atoms with Crippen molar-refractivity contribution in [2.75, 3.05) is 27.1 Å². The molecule has 70 valence electrons. The minimum absolute atomic E-state index is 0.282. The van der Waals surface area contributed by atoms with Gasteiger partial charge in [-0.1, -0.05) is 0 Å². The summed E-state index contributed by atoms with van der Waals surface area (Å²) in [6.45, 7) is 1.91. The van der Waals surface area contributed by atoms with Gasteiger partial charge in [0.25, 0.3) is 0 Å². The maximum absolute atomic E-state index is 5.35. The molecule has 0 radical (unpaired) electrons. The summed E-state index contributed by atoms with van der Waals surface area (Å²) >= 11 is 0. The van der Waals surface area contributed by atoms with E-state index in [0.29, 0.717) is 25.6 Å². The zero-order chi connectivity index (χ0) is 8.39. The Morgan fingerprint density at radius 3 is 2.92 bits per heavy atom. The fourth-order valence-electron chi connectivity index (χ4n) is 1.24. The van der Waals surface area contributed by atoms with Crippen LogP contribution in [0.15, 0.2) is 0 Å². The maximum atomic E-state index is 5.35. The fourth-order valence-corrected chi connectivity index (χ4v) is 1.24. The third kappa shape index (κ3) is 2.42. The largest absolute Gasteiger partial charge is 0.373 e. The van der Waals surface area contributed by atoms with Crippen molar-refractivity contribution in [2.45, 2.75) is 24.7 Å². The number of hydrogen-bond donors (Lipinski definition) is 0. The molecular weight excluding hydrogens is 160 g/mol. The van der Waals surface area contributed by atoms with Crippen LogP contribution < -0.4 is 0 Å². The molecule has 0 amide bonds. The van der Waals surface area contributed by atoms with Crippen molar-refractivity contribution in [1.29, 1.82) is 0 Å². The predicted molar refractivity (Wildman–Crippen MR) is 40.8 cm³/mol. The summed E-state index contributed by atoms with van der Waals surface area (Å²) < 4.78 is 20.3. The molecule has 2 heterocycles. The minimum atomic E-state index is 0.282. The average Bonchev–Trinajstić information content (AvgIpc) is 2.92. The van der Waals surface area contributed by atoms with E-state index in [9.17, 15) is 0 Å². The summed E-state index contributed by atoms with van der Waals surface area (Å²) in [5, 5.41) is 0. The van der Waals surface area contributed by atoms with Gasteiger partial charge in [0.15, 0.2) is 0 Å². The summed E-state index contributed by atoms with van der Waals surface area (Å²) in [6.07, 6.45) is 2.14. The average molecular weight is 174 g/mol. The lowest BCUT2D eigenvalue weighted by Gasteiger charge is -1.97. The number of epoxide rings is 2. The van der Waals surface area contributed by atoms with Gasteiger partial charge in [-0.15, -0.1) is 0 Å². The van der Waals surface area contributed by atoms with Gasteiger partial charge in [-0.25, -0.2) is 0 Å². The highest BCUT2D eigenvalue weighted by Crippen LogP contribution is 2.30. The quantitative estimate of drug-likeness (QED) is 0.327. The van der Waals surface area contributed by atoms with Gasteiger partial charge in [-0.3, -0.25) is 0 Å². The molecule has 2 fully saturated rings. The van der Waals surface area contributed by atoms with Crippen LogP contribution in [-0.4, -0.2) is 45.4 Å². The minimum Gasteiger partial charge on any atom is -0.373 e. The Kier molecular flexibility index (Phi) is 2.60. The molecular formula is C8H14O4. The number of rotatable bonds is 6. The number of methoxy groups -OCH3 is 1. The van der Waals surface area contributed by atoms with Crippen LogP contribution >= 0.6 is 0 Å². The van der Waals surface area contributed by atoms with Crippen LogP contribution in [0, 0.1) is 0 Å². The molecule has 4 heteroatoms. The Morgan fingerprint density at radius 1 is 1.42 bits per heavy atom. The second-order valence-corrected chi connectivity index (χ2v) is 3.18. The van der Waals surface area contributed by atoms with Gasteiger partial charge in [0, 0.05) is 13.5 Å². The Morgan fingerprint density at radius 2 is 2.25 bits per heavy atom. The molecule has 0 N–H and O–H groups in total. The van der Waals surface area contributed by atoms with Crippen LogP contribution in [0.25, 0.3) is 0 Å². The van der Waals surface area contributed by atoms with Gasteiger partial charge in [0.1, 0.15) is 12.9 Å². The van der Waals surface area contributed by atoms with Crippen LogP contribution in [-0.2, 0) is 18.9 Å². The zero-order valence-electron chi connectivity index (χ0n) is 7.19. The highest BCUT2D eigenvalue weighted by atomic mass is 16.7. The third-order valence-electron chi connectivity index (χ3n) is 2.07. The first-order chi connectivity index (χ1) is 5.90. The van der Waals surface area contributed by atoms with Crippen molar-refractivity contribution < 1.29 is 18.9 Å². The normalized spacial score (nSPS) is 38.2. The van der Waals surface area contributed by atoms with Crippen molar-refractivity contribution in [2.24, 2.45) is 0 Å². The van der Waals surface area contributed by atoms with Gasteiger partial charge >= 0.3 is 0 Å². The molecule has 0 aliphatic carbocycles. The Hall–Kier alpha value is -0.160. The first-order valence-electron chi connectivity index (χ1n) is 4.24. The molecule has 0 bridgehead atoms. The zero-order valence-corrected chi connectivity index (χ0v) is 7.19. The van der Waals surface area contributed by atoms with Crippen molar-refractivity contribution >= 4 is 0 Å². The fraction of sp³-hybridized carbons (Fsp3) is 1.00. The van der Waals surface area contributed by atoms with Crippen LogP contribution in [0.5, 0.6) is 0 Å². The lowest BCUT2D eigenvalue weighted by molar-refractivity contribution is -0.0351. The smallest absolute Gasteiger partial charge is 0.146 e.